The largest absolute Gasteiger partial charge is 0.480 e. The highest BCUT2D eigenvalue weighted by atomic mass is 35.5. The van der Waals surface area contributed by atoms with Crippen molar-refractivity contribution in [3.63, 3.8) is 0 Å². The van der Waals surface area contributed by atoms with Crippen molar-refractivity contribution < 1.29 is 14.7 Å². The molecule has 110 valence electrons. The minimum Gasteiger partial charge on any atom is -0.480 e. The molecule has 1 aromatic rings. The number of carbonyl (C=O) groups excluding carboxylic acids is 1. The normalized spacial score (nSPS) is 12.0. The summed E-state index contributed by atoms with van der Waals surface area (Å²) in [7, 11) is 0. The minimum atomic E-state index is -1.03. The van der Waals surface area contributed by atoms with Crippen molar-refractivity contribution in [1.82, 2.24) is 4.90 Å². The van der Waals surface area contributed by atoms with Crippen LogP contribution in [0.15, 0.2) is 18.2 Å². The number of carboxylic acid groups (broad SMARTS) is 1. The second-order valence-electron chi connectivity index (χ2n) is 4.59. The van der Waals surface area contributed by atoms with Crippen molar-refractivity contribution in [3.8, 4) is 0 Å². The van der Waals surface area contributed by atoms with Gasteiger partial charge in [-0.15, -0.1) is 0 Å². The maximum absolute atomic E-state index is 12.3. The quantitative estimate of drug-likeness (QED) is 0.876. The van der Waals surface area contributed by atoms with Crippen molar-refractivity contribution in [2.75, 3.05) is 6.54 Å². The number of benzene rings is 1. The van der Waals surface area contributed by atoms with E-state index < -0.39 is 5.97 Å². The van der Waals surface area contributed by atoms with Gasteiger partial charge in [-0.25, -0.2) is 0 Å². The predicted molar refractivity (Wildman–Crippen MR) is 79.3 cm³/mol. The molecule has 0 aliphatic carbocycles. The molecule has 1 N–H and O–H groups in total. The molecule has 0 aromatic heterocycles. The van der Waals surface area contributed by atoms with Gasteiger partial charge in [-0.1, -0.05) is 36.2 Å². The molecule has 0 fully saturated rings. The van der Waals surface area contributed by atoms with Crippen LogP contribution < -0.4 is 0 Å². The Morgan fingerprint density at radius 2 is 2.00 bits per heavy atom. The maximum Gasteiger partial charge on any atom is 0.323 e. The molecule has 1 unspecified atom stereocenters. The number of hydrogen-bond acceptors (Lipinski definition) is 2. The summed E-state index contributed by atoms with van der Waals surface area (Å²) in [4.78, 5) is 24.5. The summed E-state index contributed by atoms with van der Waals surface area (Å²) in [5.74, 6) is -1.29. The first-order chi connectivity index (χ1) is 9.35. The van der Waals surface area contributed by atoms with Gasteiger partial charge in [-0.05, 0) is 31.0 Å². The van der Waals surface area contributed by atoms with Gasteiger partial charge in [-0.3, -0.25) is 9.59 Å². The van der Waals surface area contributed by atoms with Gasteiger partial charge in [0.25, 0.3) is 0 Å². The Labute approximate surface area is 128 Å². The highest BCUT2D eigenvalue weighted by Crippen LogP contribution is 2.22. The standard InChI is InChI=1S/C14H17Cl2NO3/c1-3-9(2)17(8-14(19)20)13(18)6-10-4-5-11(15)7-12(10)16/h4-5,7,9H,3,6,8H2,1-2H3,(H,19,20). The van der Waals surface area contributed by atoms with Crippen LogP contribution in [0.1, 0.15) is 25.8 Å². The average Bonchev–Trinajstić information content (AvgIpc) is 2.38. The number of hydrogen-bond donors (Lipinski definition) is 1. The molecule has 0 heterocycles. The molecule has 0 saturated heterocycles. The van der Waals surface area contributed by atoms with E-state index in [4.69, 9.17) is 28.3 Å². The average molecular weight is 318 g/mol. The molecule has 0 spiro atoms. The summed E-state index contributed by atoms with van der Waals surface area (Å²) >= 11 is 11.8. The monoisotopic (exact) mass is 317 g/mol. The molecular weight excluding hydrogens is 301 g/mol. The molecule has 0 aliphatic heterocycles. The molecule has 4 nitrogen and oxygen atoms in total. The van der Waals surface area contributed by atoms with E-state index in [1.807, 2.05) is 13.8 Å². The van der Waals surface area contributed by atoms with Gasteiger partial charge in [0.05, 0.1) is 6.42 Å². The first kappa shape index (κ1) is 16.8. The Bertz CT molecular complexity index is 505. The predicted octanol–water partition coefficient (Wildman–Crippen LogP) is 3.25. The molecule has 0 radical (unpaired) electrons. The van der Waals surface area contributed by atoms with Crippen molar-refractivity contribution in [2.45, 2.75) is 32.7 Å². The molecule has 1 amide bonds. The number of nitrogens with zero attached hydrogens (tertiary/aromatic N) is 1. The van der Waals surface area contributed by atoms with E-state index in [-0.39, 0.29) is 24.9 Å². The number of aliphatic carboxylic acids is 1. The lowest BCUT2D eigenvalue weighted by Crippen LogP contribution is -2.42. The van der Waals surface area contributed by atoms with E-state index in [9.17, 15) is 9.59 Å². The molecular formula is C14H17Cl2NO3. The van der Waals surface area contributed by atoms with Crippen LogP contribution in [-0.2, 0) is 16.0 Å². The van der Waals surface area contributed by atoms with Gasteiger partial charge in [0.2, 0.25) is 5.91 Å². The lowest BCUT2D eigenvalue weighted by molar-refractivity contribution is -0.145. The Kier molecular flexibility index (Phi) is 6.30. The molecule has 0 bridgehead atoms. The van der Waals surface area contributed by atoms with Gasteiger partial charge >= 0.3 is 5.97 Å². The highest BCUT2D eigenvalue weighted by molar-refractivity contribution is 6.35. The van der Waals surface area contributed by atoms with Crippen molar-refractivity contribution in [2.24, 2.45) is 0 Å². The van der Waals surface area contributed by atoms with Crippen LogP contribution >= 0.6 is 23.2 Å². The molecule has 1 rings (SSSR count). The maximum atomic E-state index is 12.3. The van der Waals surface area contributed by atoms with Gasteiger partial charge in [0.15, 0.2) is 0 Å². The zero-order valence-corrected chi connectivity index (χ0v) is 12.9. The molecule has 1 atom stereocenters. The second-order valence-corrected chi connectivity index (χ2v) is 5.43. The van der Waals surface area contributed by atoms with E-state index in [0.29, 0.717) is 22.0 Å². The summed E-state index contributed by atoms with van der Waals surface area (Å²) in [6.07, 6.45) is 0.751. The van der Waals surface area contributed by atoms with Crippen LogP contribution in [-0.4, -0.2) is 34.5 Å². The third-order valence-corrected chi connectivity index (χ3v) is 3.69. The molecule has 6 heteroatoms. The summed E-state index contributed by atoms with van der Waals surface area (Å²) in [6, 6.07) is 4.76. The molecule has 0 saturated carbocycles. The fourth-order valence-electron chi connectivity index (χ4n) is 1.79. The first-order valence-corrected chi connectivity index (χ1v) is 7.06. The number of carbonyl (C=O) groups is 2. The Morgan fingerprint density at radius 3 is 2.50 bits per heavy atom. The third kappa shape index (κ3) is 4.69. The fraction of sp³-hybridized carbons (Fsp3) is 0.429. The summed E-state index contributed by atoms with van der Waals surface area (Å²) in [5.41, 5.74) is 0.639. The fourth-order valence-corrected chi connectivity index (χ4v) is 2.26. The number of amides is 1. The van der Waals surface area contributed by atoms with Crippen LogP contribution in [0.5, 0.6) is 0 Å². The zero-order chi connectivity index (χ0) is 15.3. The van der Waals surface area contributed by atoms with Crippen LogP contribution in [0.25, 0.3) is 0 Å². The molecule has 1 aromatic carbocycles. The van der Waals surface area contributed by atoms with Crippen LogP contribution in [0.3, 0.4) is 0 Å². The lowest BCUT2D eigenvalue weighted by Gasteiger charge is -2.27. The number of rotatable bonds is 6. The van der Waals surface area contributed by atoms with Crippen LogP contribution in [0, 0.1) is 0 Å². The summed E-state index contributed by atoms with van der Waals surface area (Å²) in [5, 5.41) is 9.80. The Balaban J connectivity index is 2.87. The molecule has 20 heavy (non-hydrogen) atoms. The smallest absolute Gasteiger partial charge is 0.323 e. The molecule has 0 aliphatic rings. The number of halogens is 2. The van der Waals surface area contributed by atoms with E-state index in [1.165, 1.54) is 4.90 Å². The van der Waals surface area contributed by atoms with E-state index >= 15 is 0 Å². The lowest BCUT2D eigenvalue weighted by atomic mass is 10.1. The van der Waals surface area contributed by atoms with Crippen molar-refractivity contribution in [3.05, 3.63) is 33.8 Å². The first-order valence-electron chi connectivity index (χ1n) is 6.30. The Hall–Kier alpha value is -1.26. The van der Waals surface area contributed by atoms with Crippen molar-refractivity contribution in [1.29, 1.82) is 0 Å². The topological polar surface area (TPSA) is 57.6 Å². The van der Waals surface area contributed by atoms with E-state index in [0.717, 1.165) is 0 Å². The van der Waals surface area contributed by atoms with E-state index in [1.54, 1.807) is 18.2 Å². The second kappa shape index (κ2) is 7.50. The Morgan fingerprint density at radius 1 is 1.35 bits per heavy atom. The van der Waals surface area contributed by atoms with Gasteiger partial charge in [0.1, 0.15) is 6.54 Å². The third-order valence-electron chi connectivity index (χ3n) is 3.11. The SMILES string of the molecule is CCC(C)N(CC(=O)O)C(=O)Cc1ccc(Cl)cc1Cl. The van der Waals surface area contributed by atoms with Crippen LogP contribution in [0.2, 0.25) is 10.0 Å². The summed E-state index contributed by atoms with van der Waals surface area (Å²) < 4.78 is 0. The van der Waals surface area contributed by atoms with Crippen LogP contribution in [0.4, 0.5) is 0 Å². The van der Waals surface area contributed by atoms with Crippen molar-refractivity contribution >= 4 is 35.1 Å². The minimum absolute atomic E-state index is 0.0631. The zero-order valence-electron chi connectivity index (χ0n) is 11.4. The van der Waals surface area contributed by atoms with Gasteiger partial charge < -0.3 is 10.0 Å². The highest BCUT2D eigenvalue weighted by Gasteiger charge is 2.22. The van der Waals surface area contributed by atoms with Gasteiger partial charge in [0, 0.05) is 16.1 Å². The van der Waals surface area contributed by atoms with E-state index in [2.05, 4.69) is 0 Å². The summed E-state index contributed by atoms with van der Waals surface area (Å²) in [6.45, 7) is 3.42. The number of carboxylic acids is 1. The van der Waals surface area contributed by atoms with Gasteiger partial charge in [-0.2, -0.15) is 0 Å².